The number of hydroxylamine groups is 2. The van der Waals surface area contributed by atoms with Gasteiger partial charge in [0, 0.05) is 18.7 Å². The summed E-state index contributed by atoms with van der Waals surface area (Å²) in [5.74, 6) is -0.765. The van der Waals surface area contributed by atoms with E-state index < -0.39 is 18.2 Å². The van der Waals surface area contributed by atoms with Crippen LogP contribution in [0.1, 0.15) is 17.9 Å². The van der Waals surface area contributed by atoms with Crippen LogP contribution in [0.2, 0.25) is 0 Å². The number of hydrogen-bond acceptors (Lipinski definition) is 7. The zero-order chi connectivity index (χ0) is 21.8. The van der Waals surface area contributed by atoms with Crippen LogP contribution in [0.4, 0.5) is 4.39 Å². The van der Waals surface area contributed by atoms with Crippen molar-refractivity contribution in [3.05, 3.63) is 72.1 Å². The molecule has 3 atom stereocenters. The molecule has 0 bridgehead atoms. The van der Waals surface area contributed by atoms with Gasteiger partial charge in [0.1, 0.15) is 17.3 Å². The van der Waals surface area contributed by atoms with Gasteiger partial charge in [0.15, 0.2) is 6.23 Å². The fourth-order valence-corrected chi connectivity index (χ4v) is 3.89. The predicted molar refractivity (Wildman–Crippen MR) is 108 cm³/mol. The average molecular weight is 427 g/mol. The number of esters is 1. The largest absolute Gasteiger partial charge is 0.497 e. The molecule has 0 aliphatic carbocycles. The molecule has 3 unspecified atom stereocenters. The van der Waals surface area contributed by atoms with Gasteiger partial charge in [-0.15, -0.1) is 0 Å². The van der Waals surface area contributed by atoms with Crippen LogP contribution in [0.5, 0.6) is 11.5 Å². The molecule has 31 heavy (non-hydrogen) atoms. The topological polar surface area (TPSA) is 74.3 Å². The Kier molecular flexibility index (Phi) is 6.18. The molecular formula is C23H22FNO6. The number of carbonyl (C=O) groups excluding carboxylic acids is 2. The lowest BCUT2D eigenvalue weighted by Gasteiger charge is -2.43. The molecule has 2 heterocycles. The number of halogens is 1. The second kappa shape index (κ2) is 9.18. The number of methoxy groups -OCH3 is 1. The van der Waals surface area contributed by atoms with Crippen molar-refractivity contribution in [1.82, 2.24) is 5.06 Å². The first-order valence-corrected chi connectivity index (χ1v) is 9.93. The Morgan fingerprint density at radius 2 is 1.68 bits per heavy atom. The zero-order valence-electron chi connectivity index (χ0n) is 16.9. The van der Waals surface area contributed by atoms with E-state index in [-0.39, 0.29) is 24.3 Å². The molecule has 8 heteroatoms. The van der Waals surface area contributed by atoms with Gasteiger partial charge in [-0.25, -0.2) is 14.0 Å². The highest BCUT2D eigenvalue weighted by Gasteiger charge is 2.44. The first-order valence-electron chi connectivity index (χ1n) is 9.93. The Morgan fingerprint density at radius 1 is 1.00 bits per heavy atom. The van der Waals surface area contributed by atoms with Crippen LogP contribution in [0, 0.1) is 11.7 Å². The summed E-state index contributed by atoms with van der Waals surface area (Å²) in [4.78, 5) is 29.5. The molecule has 0 radical (unpaired) electrons. The minimum Gasteiger partial charge on any atom is -0.497 e. The molecule has 1 saturated heterocycles. The van der Waals surface area contributed by atoms with Gasteiger partial charge < -0.3 is 19.0 Å². The Labute approximate surface area is 178 Å². The fourth-order valence-electron chi connectivity index (χ4n) is 3.89. The SMILES string of the molecule is COc1ccc(OCC2C(c3ccc(F)cc3)CCN3OC(=O)/C=C\C(=O)OC23)cc1. The van der Waals surface area contributed by atoms with Crippen molar-refractivity contribution in [2.75, 3.05) is 20.3 Å². The van der Waals surface area contributed by atoms with Crippen molar-refractivity contribution in [2.45, 2.75) is 18.6 Å². The lowest BCUT2D eigenvalue weighted by atomic mass is 9.80. The lowest BCUT2D eigenvalue weighted by molar-refractivity contribution is -0.264. The summed E-state index contributed by atoms with van der Waals surface area (Å²) in [6.07, 6.45) is 1.84. The Bertz CT molecular complexity index is 959. The molecule has 2 aromatic carbocycles. The standard InChI is InChI=1S/C23H22FNO6/c1-28-17-6-8-18(9-7-17)29-14-20-19(15-2-4-16(24)5-3-15)12-13-25-23(20)30-21(26)10-11-22(27)31-25/h2-11,19-20,23H,12-14H2,1H3/b11-10-. The normalized spacial score (nSPS) is 24.8. The summed E-state index contributed by atoms with van der Waals surface area (Å²) in [5, 5.41) is 1.38. The number of rotatable bonds is 5. The number of hydrogen-bond donors (Lipinski definition) is 0. The van der Waals surface area contributed by atoms with Crippen LogP contribution < -0.4 is 9.47 Å². The summed E-state index contributed by atoms with van der Waals surface area (Å²) in [6, 6.07) is 13.3. The molecule has 2 aliphatic heterocycles. The molecule has 0 amide bonds. The Balaban J connectivity index is 1.61. The van der Waals surface area contributed by atoms with Gasteiger partial charge in [0.05, 0.1) is 19.6 Å². The van der Waals surface area contributed by atoms with Crippen LogP contribution in [-0.4, -0.2) is 43.5 Å². The molecule has 0 spiro atoms. The van der Waals surface area contributed by atoms with E-state index in [9.17, 15) is 14.0 Å². The molecule has 2 aliphatic rings. The van der Waals surface area contributed by atoms with Crippen molar-refractivity contribution in [3.8, 4) is 11.5 Å². The molecular weight excluding hydrogens is 405 g/mol. The molecule has 2 aromatic rings. The first-order chi connectivity index (χ1) is 15.0. The van der Waals surface area contributed by atoms with Crippen LogP contribution in [-0.2, 0) is 19.2 Å². The second-order valence-electron chi connectivity index (χ2n) is 7.31. The third-order valence-corrected chi connectivity index (χ3v) is 5.43. The molecule has 0 N–H and O–H groups in total. The highest BCUT2D eigenvalue weighted by molar-refractivity contribution is 5.92. The van der Waals surface area contributed by atoms with Gasteiger partial charge in [-0.05, 0) is 54.3 Å². The molecule has 1 fully saturated rings. The Hall–Kier alpha value is -3.39. The number of ether oxygens (including phenoxy) is 3. The average Bonchev–Trinajstić information content (AvgIpc) is 2.78. The summed E-state index contributed by atoms with van der Waals surface area (Å²) < 4.78 is 30.2. The van der Waals surface area contributed by atoms with Gasteiger partial charge in [-0.1, -0.05) is 17.2 Å². The van der Waals surface area contributed by atoms with Crippen molar-refractivity contribution in [3.63, 3.8) is 0 Å². The van der Waals surface area contributed by atoms with Crippen LogP contribution in [0.15, 0.2) is 60.7 Å². The minimum atomic E-state index is -0.844. The summed E-state index contributed by atoms with van der Waals surface area (Å²) in [5.41, 5.74) is 0.893. The van der Waals surface area contributed by atoms with Crippen LogP contribution in [0.3, 0.4) is 0 Å². The first kappa shape index (κ1) is 20.9. The summed E-state index contributed by atoms with van der Waals surface area (Å²) >= 11 is 0. The molecule has 0 saturated carbocycles. The van der Waals surface area contributed by atoms with E-state index in [1.54, 1.807) is 43.5 Å². The van der Waals surface area contributed by atoms with Crippen molar-refractivity contribution in [1.29, 1.82) is 0 Å². The molecule has 162 valence electrons. The lowest BCUT2D eigenvalue weighted by Crippen LogP contribution is -2.53. The van der Waals surface area contributed by atoms with Gasteiger partial charge in [-0.3, -0.25) is 0 Å². The maximum atomic E-state index is 13.5. The molecule has 7 nitrogen and oxygen atoms in total. The third-order valence-electron chi connectivity index (χ3n) is 5.43. The second-order valence-corrected chi connectivity index (χ2v) is 7.31. The highest BCUT2D eigenvalue weighted by Crippen LogP contribution is 2.38. The van der Waals surface area contributed by atoms with E-state index in [2.05, 4.69) is 0 Å². The van der Waals surface area contributed by atoms with Gasteiger partial charge in [0.25, 0.3) is 0 Å². The van der Waals surface area contributed by atoms with E-state index in [0.717, 1.165) is 17.7 Å². The third kappa shape index (κ3) is 4.86. The van der Waals surface area contributed by atoms with Gasteiger partial charge >= 0.3 is 11.9 Å². The number of piperidine rings is 1. The zero-order valence-corrected chi connectivity index (χ0v) is 16.9. The van der Waals surface area contributed by atoms with Crippen molar-refractivity contribution < 1.29 is 33.0 Å². The summed E-state index contributed by atoms with van der Waals surface area (Å²) in [6.45, 7) is 0.544. The number of benzene rings is 2. The van der Waals surface area contributed by atoms with Gasteiger partial charge in [-0.2, -0.15) is 0 Å². The number of carbonyl (C=O) groups is 2. The van der Waals surface area contributed by atoms with Crippen molar-refractivity contribution >= 4 is 11.9 Å². The van der Waals surface area contributed by atoms with E-state index in [4.69, 9.17) is 19.0 Å². The smallest absolute Gasteiger partial charge is 0.350 e. The van der Waals surface area contributed by atoms with E-state index in [1.807, 2.05) is 0 Å². The summed E-state index contributed by atoms with van der Waals surface area (Å²) in [7, 11) is 1.58. The monoisotopic (exact) mass is 427 g/mol. The van der Waals surface area contributed by atoms with E-state index >= 15 is 0 Å². The molecule has 0 aromatic heterocycles. The Morgan fingerprint density at radius 3 is 2.39 bits per heavy atom. The quantitative estimate of drug-likeness (QED) is 0.679. The maximum absolute atomic E-state index is 13.5. The van der Waals surface area contributed by atoms with Gasteiger partial charge in [0.2, 0.25) is 0 Å². The highest BCUT2D eigenvalue weighted by atomic mass is 19.1. The maximum Gasteiger partial charge on any atom is 0.350 e. The van der Waals surface area contributed by atoms with Crippen LogP contribution in [0.25, 0.3) is 0 Å². The number of fused-ring (bicyclic) bond motifs is 1. The fraction of sp³-hybridized carbons (Fsp3) is 0.304. The molecule has 4 rings (SSSR count). The van der Waals surface area contributed by atoms with Crippen molar-refractivity contribution in [2.24, 2.45) is 5.92 Å². The predicted octanol–water partition coefficient (Wildman–Crippen LogP) is 3.22. The van der Waals surface area contributed by atoms with E-state index in [1.165, 1.54) is 17.2 Å². The van der Waals surface area contributed by atoms with Crippen LogP contribution >= 0.6 is 0 Å². The minimum absolute atomic E-state index is 0.102. The number of nitrogens with zero attached hydrogens (tertiary/aromatic N) is 1. The van der Waals surface area contributed by atoms with E-state index in [0.29, 0.717) is 24.5 Å².